The number of hydrogen-bond donors (Lipinski definition) is 2. The van der Waals surface area contributed by atoms with Crippen LogP contribution < -0.4 is 15.8 Å². The van der Waals surface area contributed by atoms with Crippen molar-refractivity contribution in [1.29, 1.82) is 0 Å². The molecule has 0 aromatic heterocycles. The number of carbonyl (C=O) groups excluding carboxylic acids is 2. The summed E-state index contributed by atoms with van der Waals surface area (Å²) in [4.78, 5) is 22.1. The van der Waals surface area contributed by atoms with Gasteiger partial charge in [-0.25, -0.2) is 4.39 Å². The number of halogens is 1. The van der Waals surface area contributed by atoms with E-state index in [9.17, 15) is 14.0 Å². The highest BCUT2D eigenvalue weighted by molar-refractivity contribution is 6.03. The van der Waals surface area contributed by atoms with Gasteiger partial charge in [0.1, 0.15) is 24.1 Å². The van der Waals surface area contributed by atoms with E-state index in [1.54, 1.807) is 36.4 Å². The van der Waals surface area contributed by atoms with Crippen molar-refractivity contribution in [2.45, 2.75) is 19.4 Å². The SMILES string of the molecule is CC(Oc1ccc(NC(=O)CC(N)=O)cc1)c1cccc(F)c1. The number of nitrogens with two attached hydrogens (primary N) is 1. The molecule has 0 aliphatic heterocycles. The van der Waals surface area contributed by atoms with Crippen molar-refractivity contribution in [2.24, 2.45) is 5.73 Å². The number of amides is 2. The van der Waals surface area contributed by atoms with E-state index in [1.165, 1.54) is 12.1 Å². The van der Waals surface area contributed by atoms with E-state index in [1.807, 2.05) is 6.92 Å². The van der Waals surface area contributed by atoms with E-state index in [4.69, 9.17) is 10.5 Å². The van der Waals surface area contributed by atoms with Crippen molar-refractivity contribution in [2.75, 3.05) is 5.32 Å². The van der Waals surface area contributed by atoms with Crippen molar-refractivity contribution < 1.29 is 18.7 Å². The van der Waals surface area contributed by atoms with Crippen LogP contribution in [0.1, 0.15) is 25.0 Å². The first-order valence-corrected chi connectivity index (χ1v) is 7.04. The topological polar surface area (TPSA) is 81.4 Å². The molecule has 120 valence electrons. The lowest BCUT2D eigenvalue weighted by Crippen LogP contribution is -2.21. The monoisotopic (exact) mass is 316 g/mol. The van der Waals surface area contributed by atoms with E-state index in [0.717, 1.165) is 5.56 Å². The van der Waals surface area contributed by atoms with Gasteiger partial charge in [0.2, 0.25) is 11.8 Å². The first-order chi connectivity index (χ1) is 10.9. The molecule has 0 fully saturated rings. The molecular weight excluding hydrogens is 299 g/mol. The molecule has 2 aromatic carbocycles. The summed E-state index contributed by atoms with van der Waals surface area (Å²) >= 11 is 0. The van der Waals surface area contributed by atoms with Crippen LogP contribution >= 0.6 is 0 Å². The van der Waals surface area contributed by atoms with Crippen LogP contribution in [0.3, 0.4) is 0 Å². The molecule has 0 bridgehead atoms. The number of carbonyl (C=O) groups is 2. The van der Waals surface area contributed by atoms with Gasteiger partial charge in [-0.1, -0.05) is 12.1 Å². The van der Waals surface area contributed by atoms with E-state index < -0.39 is 11.8 Å². The maximum atomic E-state index is 13.2. The fourth-order valence-electron chi connectivity index (χ4n) is 2.01. The minimum Gasteiger partial charge on any atom is -0.486 e. The minimum absolute atomic E-state index is 0.314. The molecule has 0 saturated carbocycles. The number of benzene rings is 2. The molecule has 1 atom stereocenters. The molecule has 0 saturated heterocycles. The molecule has 2 aromatic rings. The molecule has 0 aliphatic rings. The van der Waals surface area contributed by atoms with Crippen LogP contribution in [-0.4, -0.2) is 11.8 Å². The summed E-state index contributed by atoms with van der Waals surface area (Å²) < 4.78 is 18.9. The first-order valence-electron chi connectivity index (χ1n) is 7.04. The number of nitrogens with one attached hydrogen (secondary N) is 1. The van der Waals surface area contributed by atoms with Gasteiger partial charge in [0.25, 0.3) is 0 Å². The first kappa shape index (κ1) is 16.5. The van der Waals surface area contributed by atoms with Gasteiger partial charge in [-0.2, -0.15) is 0 Å². The average Bonchev–Trinajstić information content (AvgIpc) is 2.48. The van der Waals surface area contributed by atoms with E-state index in [2.05, 4.69) is 5.32 Å². The van der Waals surface area contributed by atoms with Crippen LogP contribution in [0.5, 0.6) is 5.75 Å². The lowest BCUT2D eigenvalue weighted by Gasteiger charge is -2.15. The fourth-order valence-corrected chi connectivity index (χ4v) is 2.01. The van der Waals surface area contributed by atoms with Gasteiger partial charge in [0.05, 0.1) is 0 Å². The molecule has 0 radical (unpaired) electrons. The second-order valence-corrected chi connectivity index (χ2v) is 5.03. The van der Waals surface area contributed by atoms with Crippen molar-refractivity contribution >= 4 is 17.5 Å². The molecule has 2 rings (SSSR count). The van der Waals surface area contributed by atoms with Crippen molar-refractivity contribution in [1.82, 2.24) is 0 Å². The van der Waals surface area contributed by atoms with Crippen molar-refractivity contribution in [3.8, 4) is 5.75 Å². The predicted molar refractivity (Wildman–Crippen MR) is 84.3 cm³/mol. The summed E-state index contributed by atoms with van der Waals surface area (Å²) in [6.07, 6.45) is -0.685. The molecule has 5 nitrogen and oxygen atoms in total. The Morgan fingerprint density at radius 1 is 1.22 bits per heavy atom. The van der Waals surface area contributed by atoms with Crippen LogP contribution in [0, 0.1) is 5.82 Å². The highest BCUT2D eigenvalue weighted by Crippen LogP contribution is 2.23. The lowest BCUT2D eigenvalue weighted by atomic mass is 10.1. The van der Waals surface area contributed by atoms with Crippen LogP contribution in [0.2, 0.25) is 0 Å². The maximum Gasteiger partial charge on any atom is 0.233 e. The third-order valence-electron chi connectivity index (χ3n) is 3.10. The summed E-state index contributed by atoms with van der Waals surface area (Å²) in [5.74, 6) is -0.897. The fraction of sp³-hybridized carbons (Fsp3) is 0.176. The zero-order valence-corrected chi connectivity index (χ0v) is 12.6. The Labute approximate surface area is 133 Å². The van der Waals surface area contributed by atoms with Crippen LogP contribution in [0.4, 0.5) is 10.1 Å². The predicted octanol–water partition coefficient (Wildman–Crippen LogP) is 2.78. The number of ether oxygens (including phenoxy) is 1. The maximum absolute atomic E-state index is 13.2. The summed E-state index contributed by atoms with van der Waals surface area (Å²) in [5, 5.41) is 2.55. The van der Waals surface area contributed by atoms with Crippen LogP contribution in [-0.2, 0) is 9.59 Å². The van der Waals surface area contributed by atoms with Gasteiger partial charge < -0.3 is 15.8 Å². The molecule has 1 unspecified atom stereocenters. The third kappa shape index (κ3) is 5.10. The second kappa shape index (κ2) is 7.40. The van der Waals surface area contributed by atoms with Crippen LogP contribution in [0.15, 0.2) is 48.5 Å². The zero-order chi connectivity index (χ0) is 16.8. The van der Waals surface area contributed by atoms with Gasteiger partial charge in [0, 0.05) is 5.69 Å². The molecule has 0 heterocycles. The number of anilines is 1. The largest absolute Gasteiger partial charge is 0.486 e. The number of rotatable bonds is 6. The summed E-state index contributed by atoms with van der Waals surface area (Å²) in [6.45, 7) is 1.82. The van der Waals surface area contributed by atoms with Gasteiger partial charge in [0.15, 0.2) is 0 Å². The Bertz CT molecular complexity index is 701. The Kier molecular flexibility index (Phi) is 5.30. The Morgan fingerprint density at radius 3 is 2.52 bits per heavy atom. The van der Waals surface area contributed by atoms with Gasteiger partial charge >= 0.3 is 0 Å². The standard InChI is InChI=1S/C17H17FN2O3/c1-11(12-3-2-4-13(18)9-12)23-15-7-5-14(6-8-15)20-17(22)10-16(19)21/h2-9,11H,10H2,1H3,(H2,19,21)(H,20,22). The minimum atomic E-state index is -0.689. The van der Waals surface area contributed by atoms with Crippen molar-refractivity contribution in [3.05, 3.63) is 59.9 Å². The zero-order valence-electron chi connectivity index (χ0n) is 12.6. The van der Waals surface area contributed by atoms with Gasteiger partial charge in [-0.3, -0.25) is 9.59 Å². The highest BCUT2D eigenvalue weighted by Gasteiger charge is 2.09. The summed E-state index contributed by atoms with van der Waals surface area (Å²) in [6, 6.07) is 12.8. The molecule has 0 aliphatic carbocycles. The van der Waals surface area contributed by atoms with E-state index >= 15 is 0 Å². The Morgan fingerprint density at radius 2 is 1.91 bits per heavy atom. The van der Waals surface area contributed by atoms with Gasteiger partial charge in [-0.05, 0) is 48.9 Å². The van der Waals surface area contributed by atoms with E-state index in [0.29, 0.717) is 11.4 Å². The number of hydrogen-bond acceptors (Lipinski definition) is 3. The summed E-state index contributed by atoms with van der Waals surface area (Å²) in [7, 11) is 0. The molecule has 0 spiro atoms. The van der Waals surface area contributed by atoms with Crippen LogP contribution in [0.25, 0.3) is 0 Å². The quantitative estimate of drug-likeness (QED) is 0.804. The third-order valence-corrected chi connectivity index (χ3v) is 3.10. The Balaban J connectivity index is 1.97. The average molecular weight is 316 g/mol. The molecule has 2 amide bonds. The lowest BCUT2D eigenvalue weighted by molar-refractivity contribution is -0.124. The number of primary amides is 1. The molecule has 23 heavy (non-hydrogen) atoms. The smallest absolute Gasteiger partial charge is 0.233 e. The molecule has 3 N–H and O–H groups in total. The van der Waals surface area contributed by atoms with E-state index in [-0.39, 0.29) is 18.3 Å². The Hall–Kier alpha value is -2.89. The highest BCUT2D eigenvalue weighted by atomic mass is 19.1. The second-order valence-electron chi connectivity index (χ2n) is 5.03. The summed E-state index contributed by atoms with van der Waals surface area (Å²) in [5.41, 5.74) is 6.20. The van der Waals surface area contributed by atoms with Gasteiger partial charge in [-0.15, -0.1) is 0 Å². The molecular formula is C17H17FN2O3. The normalized spacial score (nSPS) is 11.6. The van der Waals surface area contributed by atoms with Crippen molar-refractivity contribution in [3.63, 3.8) is 0 Å². The molecule has 6 heteroatoms.